The molecule has 0 aromatic carbocycles. The van der Waals surface area contributed by atoms with Crippen LogP contribution in [0.1, 0.15) is 20.3 Å². The van der Waals surface area contributed by atoms with Crippen molar-refractivity contribution < 1.29 is 32.7 Å². The SMILES string of the molecule is [CH2-]C[C-](C)C.[Y]. The van der Waals surface area contributed by atoms with Crippen molar-refractivity contribution in [3.8, 4) is 0 Å². The Labute approximate surface area is 65.6 Å². The molecule has 0 saturated heterocycles. The molecule has 0 saturated carbocycles. The molecule has 0 amide bonds. The Hall–Kier alpha value is 1.10. The van der Waals surface area contributed by atoms with Crippen LogP contribution in [0.3, 0.4) is 0 Å². The van der Waals surface area contributed by atoms with Gasteiger partial charge in [0.25, 0.3) is 0 Å². The van der Waals surface area contributed by atoms with Crippen molar-refractivity contribution in [1.82, 2.24) is 0 Å². The first-order valence-corrected chi connectivity index (χ1v) is 1.85. The molecular formula is C5H10Y-2. The molecule has 0 unspecified atom stereocenters. The van der Waals surface area contributed by atoms with Crippen LogP contribution in [-0.2, 0) is 32.7 Å². The molecule has 0 aliphatic carbocycles. The minimum Gasteiger partial charge on any atom is -0.372 e. The number of hydrogen-bond acceptors (Lipinski definition) is 0. The molecule has 1 heteroatoms. The zero-order chi connectivity index (χ0) is 4.28. The summed E-state index contributed by atoms with van der Waals surface area (Å²) in [5.41, 5.74) is 0. The Kier molecular flexibility index (Phi) is 10.3. The van der Waals surface area contributed by atoms with Gasteiger partial charge in [-0.25, -0.2) is 0 Å². The monoisotopic (exact) mass is 159 g/mol. The fourth-order valence-corrected chi connectivity index (χ4v) is 0. The van der Waals surface area contributed by atoms with Crippen LogP contribution in [-0.4, -0.2) is 0 Å². The Morgan fingerprint density at radius 1 is 1.50 bits per heavy atom. The predicted molar refractivity (Wildman–Crippen MR) is 24.6 cm³/mol. The van der Waals surface area contributed by atoms with E-state index in [9.17, 15) is 0 Å². The van der Waals surface area contributed by atoms with E-state index in [1.807, 2.05) is 0 Å². The van der Waals surface area contributed by atoms with Crippen LogP contribution in [0.15, 0.2) is 0 Å². The maximum absolute atomic E-state index is 3.65. The minimum atomic E-state index is 0. The van der Waals surface area contributed by atoms with Crippen molar-refractivity contribution in [2.45, 2.75) is 20.3 Å². The van der Waals surface area contributed by atoms with Crippen molar-refractivity contribution in [2.24, 2.45) is 0 Å². The molecule has 0 heterocycles. The Balaban J connectivity index is 0. The largest absolute Gasteiger partial charge is 0.372 e. The number of hydrogen-bond donors (Lipinski definition) is 0. The summed E-state index contributed by atoms with van der Waals surface area (Å²) in [6, 6.07) is 0. The van der Waals surface area contributed by atoms with Crippen LogP contribution in [0.25, 0.3) is 0 Å². The molecule has 0 atom stereocenters. The van der Waals surface area contributed by atoms with Gasteiger partial charge in [-0.3, -0.25) is 0 Å². The average Bonchev–Trinajstić information content (AvgIpc) is 1.38. The van der Waals surface area contributed by atoms with Gasteiger partial charge in [0.05, 0.1) is 0 Å². The molecule has 0 rings (SSSR count). The van der Waals surface area contributed by atoms with Crippen molar-refractivity contribution in [3.05, 3.63) is 12.8 Å². The van der Waals surface area contributed by atoms with Crippen LogP contribution >= 0.6 is 0 Å². The van der Waals surface area contributed by atoms with Crippen molar-refractivity contribution in [1.29, 1.82) is 0 Å². The molecular weight excluding hydrogens is 149 g/mol. The molecule has 0 bridgehead atoms. The Morgan fingerprint density at radius 3 is 1.67 bits per heavy atom. The second-order valence-corrected chi connectivity index (χ2v) is 1.46. The van der Waals surface area contributed by atoms with Crippen molar-refractivity contribution in [3.63, 3.8) is 0 Å². The van der Waals surface area contributed by atoms with Crippen LogP contribution in [0.5, 0.6) is 0 Å². The molecule has 0 aromatic rings. The fraction of sp³-hybridized carbons (Fsp3) is 0.600. The summed E-state index contributed by atoms with van der Waals surface area (Å²) in [7, 11) is 0. The molecule has 0 fully saturated rings. The summed E-state index contributed by atoms with van der Waals surface area (Å²) in [4.78, 5) is 0. The summed E-state index contributed by atoms with van der Waals surface area (Å²) < 4.78 is 0. The fourth-order valence-electron chi connectivity index (χ4n) is 0. The first-order valence-electron chi connectivity index (χ1n) is 1.85. The minimum absolute atomic E-state index is 0. The normalized spacial score (nSPS) is 8.00. The summed E-state index contributed by atoms with van der Waals surface area (Å²) in [5, 5.41) is 0. The maximum Gasteiger partial charge on any atom is 0 e. The molecule has 0 nitrogen and oxygen atoms in total. The van der Waals surface area contributed by atoms with Crippen LogP contribution in [0, 0.1) is 12.8 Å². The molecule has 6 heavy (non-hydrogen) atoms. The standard InChI is InChI=1S/C5H10.Y/c1-4-5(2)3;/h1,4H2,2-3H3;/q-2;. The van der Waals surface area contributed by atoms with Gasteiger partial charge >= 0.3 is 0 Å². The van der Waals surface area contributed by atoms with Gasteiger partial charge in [0.15, 0.2) is 0 Å². The zero-order valence-corrected chi connectivity index (χ0v) is 7.33. The van der Waals surface area contributed by atoms with E-state index in [4.69, 9.17) is 0 Å². The van der Waals surface area contributed by atoms with E-state index in [1.165, 1.54) is 5.92 Å². The van der Waals surface area contributed by atoms with Crippen molar-refractivity contribution in [2.75, 3.05) is 0 Å². The summed E-state index contributed by atoms with van der Waals surface area (Å²) in [6.45, 7) is 7.80. The third-order valence-corrected chi connectivity index (χ3v) is 0.500. The van der Waals surface area contributed by atoms with Gasteiger partial charge < -0.3 is 19.3 Å². The Morgan fingerprint density at radius 2 is 1.67 bits per heavy atom. The first kappa shape index (κ1) is 10.2. The average molecular weight is 159 g/mol. The maximum atomic E-state index is 3.65. The van der Waals surface area contributed by atoms with Crippen molar-refractivity contribution >= 4 is 0 Å². The predicted octanol–water partition coefficient (Wildman–Crippen LogP) is 1.82. The second kappa shape index (κ2) is 6.10. The molecule has 1 radical (unpaired) electrons. The molecule has 0 aliphatic heterocycles. The third kappa shape index (κ3) is 8.92. The van der Waals surface area contributed by atoms with Gasteiger partial charge in [0.2, 0.25) is 0 Å². The van der Waals surface area contributed by atoms with E-state index in [-0.39, 0.29) is 32.7 Å². The van der Waals surface area contributed by atoms with E-state index in [0.29, 0.717) is 0 Å². The van der Waals surface area contributed by atoms with Gasteiger partial charge in [-0.15, -0.1) is 0 Å². The molecule has 0 N–H and O–H groups in total. The second-order valence-electron chi connectivity index (χ2n) is 1.46. The third-order valence-electron chi connectivity index (χ3n) is 0.500. The zero-order valence-electron chi connectivity index (χ0n) is 4.49. The van der Waals surface area contributed by atoms with E-state index < -0.39 is 0 Å². The van der Waals surface area contributed by atoms with Crippen LogP contribution in [0.4, 0.5) is 0 Å². The van der Waals surface area contributed by atoms with Gasteiger partial charge in [-0.05, 0) is 0 Å². The van der Waals surface area contributed by atoms with Gasteiger partial charge in [-0.2, -0.15) is 13.8 Å². The quantitative estimate of drug-likeness (QED) is 0.512. The van der Waals surface area contributed by atoms with Gasteiger partial charge in [0.1, 0.15) is 0 Å². The van der Waals surface area contributed by atoms with Crippen LogP contribution in [0.2, 0.25) is 0 Å². The van der Waals surface area contributed by atoms with E-state index >= 15 is 0 Å². The molecule has 0 aliphatic rings. The topological polar surface area (TPSA) is 0 Å². The van der Waals surface area contributed by atoms with E-state index in [1.54, 1.807) is 0 Å². The Bertz CT molecular complexity index is 17.9. The summed E-state index contributed by atoms with van der Waals surface area (Å²) in [5.74, 6) is 1.39. The molecule has 0 spiro atoms. The van der Waals surface area contributed by atoms with Gasteiger partial charge in [-0.1, -0.05) is 0 Å². The van der Waals surface area contributed by atoms with E-state index in [0.717, 1.165) is 6.42 Å². The molecule has 0 aromatic heterocycles. The smallest absolute Gasteiger partial charge is 0 e. The van der Waals surface area contributed by atoms with Gasteiger partial charge in [0, 0.05) is 32.7 Å². The first-order chi connectivity index (χ1) is 2.27. The van der Waals surface area contributed by atoms with E-state index in [2.05, 4.69) is 20.8 Å². The summed E-state index contributed by atoms with van der Waals surface area (Å²) >= 11 is 0. The number of rotatable bonds is 1. The molecule has 35 valence electrons. The summed E-state index contributed by atoms with van der Waals surface area (Å²) in [6.07, 6.45) is 0.972. The van der Waals surface area contributed by atoms with Crippen LogP contribution < -0.4 is 0 Å².